The van der Waals surface area contributed by atoms with Crippen LogP contribution in [0.4, 0.5) is 0 Å². The van der Waals surface area contributed by atoms with Crippen LogP contribution in [0, 0.1) is 46.3 Å². The van der Waals surface area contributed by atoms with Crippen LogP contribution in [0.5, 0.6) is 0 Å². The Morgan fingerprint density at radius 3 is 2.48 bits per heavy atom. The molecule has 0 N–H and O–H groups in total. The summed E-state index contributed by atoms with van der Waals surface area (Å²) in [4.78, 5) is 1.43. The molecule has 1 aromatic rings. The van der Waals surface area contributed by atoms with Crippen molar-refractivity contribution in [3.8, 4) is 0 Å². The van der Waals surface area contributed by atoms with Gasteiger partial charge in [-0.25, -0.2) is 0 Å². The maximum absolute atomic E-state index is 2.70. The highest BCUT2D eigenvalue weighted by molar-refractivity contribution is 8.00. The fourth-order valence-electron chi connectivity index (χ4n) is 8.67. The van der Waals surface area contributed by atoms with Crippen LogP contribution in [0.3, 0.4) is 0 Å². The van der Waals surface area contributed by atoms with Crippen LogP contribution in [0.2, 0.25) is 0 Å². The van der Waals surface area contributed by atoms with Crippen LogP contribution in [0.25, 0.3) is 0 Å². The van der Waals surface area contributed by atoms with Crippen LogP contribution in [-0.4, -0.2) is 5.25 Å². The predicted octanol–water partition coefficient (Wildman–Crippen LogP) is 8.24. The first kappa shape index (κ1) is 20.2. The van der Waals surface area contributed by atoms with E-state index in [1.807, 2.05) is 0 Å². The number of fused-ring (bicyclic) bond motifs is 5. The summed E-state index contributed by atoms with van der Waals surface area (Å²) in [5.41, 5.74) is 1.08. The molecule has 0 aromatic heterocycles. The summed E-state index contributed by atoms with van der Waals surface area (Å²) in [7, 11) is 0. The molecule has 4 aliphatic rings. The van der Waals surface area contributed by atoms with Crippen LogP contribution in [-0.2, 0) is 0 Å². The van der Waals surface area contributed by atoms with Crippen LogP contribution in [0.15, 0.2) is 47.4 Å². The molecule has 158 valence electrons. The van der Waals surface area contributed by atoms with Crippen molar-refractivity contribution in [2.75, 3.05) is 0 Å². The second kappa shape index (κ2) is 7.47. The van der Waals surface area contributed by atoms with Crippen molar-refractivity contribution >= 4 is 11.8 Å². The standard InChI is InChI=1S/C28H40S/c1-19(2)24-12-13-25-23-11-10-20-18-22(29-21-8-6-5-7-9-21)14-16-27(20,3)26(23)15-17-28(24,25)4/h5-9,14,16,19-20,22-26H,10-13,15,17-18H2,1-4H3/t20?,22?,23-,24+,25-,26-,27-,28+/m0/s1. The highest BCUT2D eigenvalue weighted by Gasteiger charge is 2.59. The zero-order valence-electron chi connectivity index (χ0n) is 18.9. The Balaban J connectivity index is 1.36. The molecule has 8 atom stereocenters. The number of thioether (sulfide) groups is 1. The Hall–Kier alpha value is -0.690. The Labute approximate surface area is 183 Å². The molecule has 0 saturated heterocycles. The molecule has 0 amide bonds. The van der Waals surface area contributed by atoms with E-state index >= 15 is 0 Å². The molecular formula is C28H40S. The normalized spacial score (nSPS) is 46.2. The van der Waals surface area contributed by atoms with Gasteiger partial charge in [-0.1, -0.05) is 58.0 Å². The molecule has 0 bridgehead atoms. The summed E-state index contributed by atoms with van der Waals surface area (Å²) in [5, 5.41) is 0.665. The summed E-state index contributed by atoms with van der Waals surface area (Å²) in [6.07, 6.45) is 15.6. The van der Waals surface area contributed by atoms with Gasteiger partial charge in [0.15, 0.2) is 0 Å². The van der Waals surface area contributed by atoms with Gasteiger partial charge in [-0.15, -0.1) is 11.8 Å². The smallest absolute Gasteiger partial charge is 0.0277 e. The lowest BCUT2D eigenvalue weighted by molar-refractivity contribution is -0.0830. The molecule has 1 heteroatoms. The molecule has 3 fully saturated rings. The van der Waals surface area contributed by atoms with Crippen molar-refractivity contribution in [2.24, 2.45) is 46.3 Å². The first-order chi connectivity index (χ1) is 13.9. The Morgan fingerprint density at radius 2 is 1.72 bits per heavy atom. The minimum Gasteiger partial charge on any atom is -0.119 e. The monoisotopic (exact) mass is 408 g/mol. The summed E-state index contributed by atoms with van der Waals surface area (Å²) in [6.45, 7) is 10.3. The first-order valence-corrected chi connectivity index (χ1v) is 13.2. The number of rotatable bonds is 3. The minimum atomic E-state index is 0.452. The lowest BCUT2D eigenvalue weighted by atomic mass is 9.45. The quantitative estimate of drug-likeness (QED) is 0.454. The Morgan fingerprint density at radius 1 is 0.931 bits per heavy atom. The van der Waals surface area contributed by atoms with Crippen molar-refractivity contribution in [3.05, 3.63) is 42.5 Å². The summed E-state index contributed by atoms with van der Waals surface area (Å²) in [6, 6.07) is 11.0. The van der Waals surface area contributed by atoms with Crippen LogP contribution in [0.1, 0.15) is 72.6 Å². The maximum atomic E-state index is 2.70. The third kappa shape index (κ3) is 3.26. The molecule has 0 nitrogen and oxygen atoms in total. The molecule has 0 radical (unpaired) electrons. The van der Waals surface area contributed by atoms with Crippen molar-refractivity contribution in [3.63, 3.8) is 0 Å². The number of hydrogen-bond acceptors (Lipinski definition) is 1. The number of benzene rings is 1. The highest BCUT2D eigenvalue weighted by Crippen LogP contribution is 2.67. The topological polar surface area (TPSA) is 0 Å². The molecule has 4 aliphatic carbocycles. The molecule has 1 aromatic carbocycles. The third-order valence-electron chi connectivity index (χ3n) is 10.1. The van der Waals surface area contributed by atoms with Gasteiger partial charge in [-0.05, 0) is 103 Å². The van der Waals surface area contributed by atoms with Crippen LogP contribution >= 0.6 is 11.8 Å². The van der Waals surface area contributed by atoms with E-state index in [1.165, 1.54) is 49.8 Å². The fraction of sp³-hybridized carbons (Fsp3) is 0.714. The van der Waals surface area contributed by atoms with E-state index in [0.717, 1.165) is 35.5 Å². The average molecular weight is 409 g/mol. The lowest BCUT2D eigenvalue weighted by Gasteiger charge is -2.60. The van der Waals surface area contributed by atoms with E-state index in [4.69, 9.17) is 0 Å². The van der Waals surface area contributed by atoms with Gasteiger partial charge in [0.1, 0.15) is 0 Å². The van der Waals surface area contributed by atoms with Gasteiger partial charge in [0.2, 0.25) is 0 Å². The fourth-order valence-corrected chi connectivity index (χ4v) is 9.82. The van der Waals surface area contributed by atoms with Gasteiger partial charge in [-0.2, -0.15) is 0 Å². The third-order valence-corrected chi connectivity index (χ3v) is 11.3. The van der Waals surface area contributed by atoms with Gasteiger partial charge < -0.3 is 0 Å². The summed E-state index contributed by atoms with van der Waals surface area (Å²) in [5.74, 6) is 5.63. The van der Waals surface area contributed by atoms with E-state index in [9.17, 15) is 0 Å². The van der Waals surface area contributed by atoms with Gasteiger partial charge in [0.25, 0.3) is 0 Å². The number of hydrogen-bond donors (Lipinski definition) is 0. The largest absolute Gasteiger partial charge is 0.119 e. The van der Waals surface area contributed by atoms with Gasteiger partial charge in [0.05, 0.1) is 0 Å². The molecule has 0 heterocycles. The van der Waals surface area contributed by atoms with E-state index in [1.54, 1.807) is 0 Å². The van der Waals surface area contributed by atoms with E-state index in [2.05, 4.69) is 81.9 Å². The van der Waals surface area contributed by atoms with Crippen molar-refractivity contribution in [1.82, 2.24) is 0 Å². The SMILES string of the molecule is CC(C)[C@H]1CC[C@H]2[C@@H]3CCC4CC(Sc5ccccc5)C=C[C@]4(C)[C@H]3CC[C@]12C. The molecule has 3 saturated carbocycles. The minimum absolute atomic E-state index is 0.452. The van der Waals surface area contributed by atoms with Gasteiger partial charge >= 0.3 is 0 Å². The van der Waals surface area contributed by atoms with Gasteiger partial charge in [-0.3, -0.25) is 0 Å². The zero-order valence-corrected chi connectivity index (χ0v) is 19.8. The van der Waals surface area contributed by atoms with Crippen molar-refractivity contribution in [2.45, 2.75) is 82.8 Å². The molecule has 0 aliphatic heterocycles. The molecule has 5 rings (SSSR count). The first-order valence-electron chi connectivity index (χ1n) is 12.3. The second-order valence-electron chi connectivity index (χ2n) is 11.6. The highest BCUT2D eigenvalue weighted by atomic mass is 32.2. The van der Waals surface area contributed by atoms with Crippen LogP contribution < -0.4 is 0 Å². The predicted molar refractivity (Wildman–Crippen MR) is 126 cm³/mol. The van der Waals surface area contributed by atoms with Gasteiger partial charge in [0, 0.05) is 10.1 Å². The second-order valence-corrected chi connectivity index (χ2v) is 12.9. The molecular weight excluding hydrogens is 368 g/mol. The summed E-state index contributed by atoms with van der Waals surface area (Å²) < 4.78 is 0. The van der Waals surface area contributed by atoms with E-state index in [-0.39, 0.29) is 0 Å². The summed E-state index contributed by atoms with van der Waals surface area (Å²) >= 11 is 2.08. The molecule has 2 unspecified atom stereocenters. The molecule has 0 spiro atoms. The zero-order chi connectivity index (χ0) is 20.2. The van der Waals surface area contributed by atoms with E-state index < -0.39 is 0 Å². The molecule has 29 heavy (non-hydrogen) atoms. The average Bonchev–Trinajstić information content (AvgIpc) is 3.06. The maximum Gasteiger partial charge on any atom is 0.0277 e. The lowest BCUT2D eigenvalue weighted by Crippen LogP contribution is -2.52. The Kier molecular flexibility index (Phi) is 5.21. The Bertz CT molecular complexity index is 751. The van der Waals surface area contributed by atoms with Crippen molar-refractivity contribution < 1.29 is 0 Å². The van der Waals surface area contributed by atoms with Crippen molar-refractivity contribution in [1.29, 1.82) is 0 Å². The van der Waals surface area contributed by atoms with E-state index in [0.29, 0.717) is 16.1 Å². The number of allylic oxidation sites excluding steroid dienone is 1.